The van der Waals surface area contributed by atoms with E-state index in [9.17, 15) is 9.59 Å². The summed E-state index contributed by atoms with van der Waals surface area (Å²) in [6, 6.07) is 17.7. The molecular weight excluding hydrogens is 410 g/mol. The number of nitrogens with zero attached hydrogens (tertiary/aromatic N) is 3. The van der Waals surface area contributed by atoms with Crippen molar-refractivity contribution >= 4 is 39.1 Å². The highest BCUT2D eigenvalue weighted by molar-refractivity contribution is 7.21. The minimum absolute atomic E-state index is 0.0177. The Kier molecular flexibility index (Phi) is 5.42. The number of rotatable bonds is 5. The van der Waals surface area contributed by atoms with Crippen molar-refractivity contribution in [3.05, 3.63) is 81.6 Å². The summed E-state index contributed by atoms with van der Waals surface area (Å²) < 4.78 is 6.37. The second kappa shape index (κ2) is 8.14. The average molecular weight is 426 g/mol. The van der Waals surface area contributed by atoms with E-state index in [0.717, 1.165) is 15.1 Å². The zero-order valence-corrected chi connectivity index (χ0v) is 17.0. The van der Waals surface area contributed by atoms with Gasteiger partial charge in [-0.2, -0.15) is 4.68 Å². The van der Waals surface area contributed by atoms with E-state index >= 15 is 0 Å². The second-order valence-corrected chi connectivity index (χ2v) is 7.85. The van der Waals surface area contributed by atoms with Crippen LogP contribution in [0.15, 0.2) is 65.5 Å². The normalized spacial score (nSPS) is 12.1. The number of carbonyl (C=O) groups excluding carboxylic acids is 1. The van der Waals surface area contributed by atoms with Crippen LogP contribution >= 0.6 is 22.9 Å². The summed E-state index contributed by atoms with van der Waals surface area (Å²) in [6.07, 6.45) is 0. The van der Waals surface area contributed by atoms with E-state index in [2.05, 4.69) is 10.3 Å². The lowest BCUT2D eigenvalue weighted by atomic mass is 10.2. The first-order valence-electron chi connectivity index (χ1n) is 8.89. The van der Waals surface area contributed by atoms with Gasteiger partial charge in [-0.05, 0) is 24.6 Å². The Morgan fingerprint density at radius 1 is 1.17 bits per heavy atom. The van der Waals surface area contributed by atoms with Gasteiger partial charge in [0.15, 0.2) is 10.9 Å². The number of hydrogen-bond donors (Lipinski definition) is 0. The van der Waals surface area contributed by atoms with Crippen LogP contribution in [0.2, 0.25) is 5.02 Å². The van der Waals surface area contributed by atoms with Crippen molar-refractivity contribution in [1.29, 1.82) is 0 Å². The third-order valence-corrected chi connectivity index (χ3v) is 5.91. The zero-order chi connectivity index (χ0) is 20.4. The molecule has 0 fully saturated rings. The van der Waals surface area contributed by atoms with Crippen molar-refractivity contribution in [1.82, 2.24) is 15.0 Å². The van der Waals surface area contributed by atoms with Crippen LogP contribution in [-0.4, -0.2) is 21.0 Å². The molecule has 0 unspecified atom stereocenters. The summed E-state index contributed by atoms with van der Waals surface area (Å²) in [5.74, 6) is -0.584. The lowest BCUT2D eigenvalue weighted by molar-refractivity contribution is -0.148. The highest BCUT2D eigenvalue weighted by atomic mass is 35.5. The van der Waals surface area contributed by atoms with Gasteiger partial charge in [-0.15, -0.1) is 16.4 Å². The molecule has 8 heteroatoms. The maximum Gasteiger partial charge on any atom is 0.331 e. The van der Waals surface area contributed by atoms with Gasteiger partial charge in [0.25, 0.3) is 5.56 Å². The van der Waals surface area contributed by atoms with Gasteiger partial charge >= 0.3 is 5.97 Å². The zero-order valence-electron chi connectivity index (χ0n) is 15.4. The SMILES string of the molecule is C[C@H](C(=O)OCc1ccccc1Cl)n1nnc2sc(-c3ccccc3)cc2c1=O. The Bertz CT molecular complexity index is 1240. The van der Waals surface area contributed by atoms with E-state index in [1.807, 2.05) is 36.4 Å². The predicted octanol–water partition coefficient (Wildman–Crippen LogP) is 4.48. The Morgan fingerprint density at radius 3 is 2.66 bits per heavy atom. The van der Waals surface area contributed by atoms with Crippen molar-refractivity contribution in [2.24, 2.45) is 0 Å². The van der Waals surface area contributed by atoms with Gasteiger partial charge in [0.2, 0.25) is 0 Å². The van der Waals surface area contributed by atoms with E-state index < -0.39 is 12.0 Å². The van der Waals surface area contributed by atoms with Crippen LogP contribution in [0, 0.1) is 0 Å². The molecule has 0 spiro atoms. The molecule has 0 bridgehead atoms. The fourth-order valence-electron chi connectivity index (χ4n) is 2.84. The van der Waals surface area contributed by atoms with Gasteiger partial charge in [0.1, 0.15) is 6.61 Å². The fourth-order valence-corrected chi connectivity index (χ4v) is 4.01. The van der Waals surface area contributed by atoms with Gasteiger partial charge in [0.05, 0.1) is 5.39 Å². The molecule has 0 aliphatic heterocycles. The number of aromatic nitrogens is 3. The molecule has 2 aromatic carbocycles. The summed E-state index contributed by atoms with van der Waals surface area (Å²) in [5.41, 5.74) is 1.30. The number of hydrogen-bond acceptors (Lipinski definition) is 6. The monoisotopic (exact) mass is 425 g/mol. The molecule has 0 amide bonds. The van der Waals surface area contributed by atoms with Gasteiger partial charge in [0, 0.05) is 15.5 Å². The molecular formula is C21H16ClN3O3S. The standard InChI is InChI=1S/C21H16ClN3O3S/c1-13(21(27)28-12-15-9-5-6-10-17(15)22)25-20(26)16-11-18(29-19(16)23-24-25)14-7-3-2-4-8-14/h2-11,13H,12H2,1H3/t13-/m1/s1. The Balaban J connectivity index is 1.58. The van der Waals surface area contributed by atoms with Crippen molar-refractivity contribution in [2.75, 3.05) is 0 Å². The first-order chi connectivity index (χ1) is 14.0. The van der Waals surface area contributed by atoms with Crippen LogP contribution in [-0.2, 0) is 16.1 Å². The van der Waals surface area contributed by atoms with Gasteiger partial charge in [-0.1, -0.05) is 65.3 Å². The number of carbonyl (C=O) groups is 1. The summed E-state index contributed by atoms with van der Waals surface area (Å²) in [5, 5.41) is 9.01. The molecule has 4 aromatic rings. The van der Waals surface area contributed by atoms with Crippen LogP contribution in [0.5, 0.6) is 0 Å². The van der Waals surface area contributed by atoms with Crippen molar-refractivity contribution < 1.29 is 9.53 Å². The van der Waals surface area contributed by atoms with Crippen LogP contribution in [0.25, 0.3) is 20.7 Å². The molecule has 0 saturated carbocycles. The largest absolute Gasteiger partial charge is 0.459 e. The van der Waals surface area contributed by atoms with Gasteiger partial charge < -0.3 is 4.74 Å². The summed E-state index contributed by atoms with van der Waals surface area (Å²) >= 11 is 7.46. The van der Waals surface area contributed by atoms with Crippen molar-refractivity contribution in [3.8, 4) is 10.4 Å². The lowest BCUT2D eigenvalue weighted by Crippen LogP contribution is -2.31. The number of benzene rings is 2. The first kappa shape index (κ1) is 19.3. The molecule has 2 heterocycles. The molecule has 4 rings (SSSR count). The van der Waals surface area contributed by atoms with E-state index in [-0.39, 0.29) is 12.2 Å². The molecule has 0 N–H and O–H groups in total. The van der Waals surface area contributed by atoms with Crippen LogP contribution in [0.1, 0.15) is 18.5 Å². The topological polar surface area (TPSA) is 74.1 Å². The number of esters is 1. The quantitative estimate of drug-likeness (QED) is 0.441. The average Bonchev–Trinajstić information content (AvgIpc) is 3.19. The first-order valence-corrected chi connectivity index (χ1v) is 10.1. The molecule has 146 valence electrons. The summed E-state index contributed by atoms with van der Waals surface area (Å²) in [4.78, 5) is 26.8. The maximum absolute atomic E-state index is 12.9. The molecule has 29 heavy (non-hydrogen) atoms. The molecule has 1 atom stereocenters. The smallest absolute Gasteiger partial charge is 0.331 e. The number of fused-ring (bicyclic) bond motifs is 1. The lowest BCUT2D eigenvalue weighted by Gasteiger charge is -2.13. The third kappa shape index (κ3) is 3.92. The van der Waals surface area contributed by atoms with E-state index in [1.54, 1.807) is 31.2 Å². The van der Waals surface area contributed by atoms with E-state index in [4.69, 9.17) is 16.3 Å². The number of halogens is 1. The molecule has 0 saturated heterocycles. The Morgan fingerprint density at radius 2 is 1.90 bits per heavy atom. The molecule has 6 nitrogen and oxygen atoms in total. The third-order valence-electron chi connectivity index (χ3n) is 4.48. The molecule has 2 aromatic heterocycles. The minimum Gasteiger partial charge on any atom is -0.459 e. The van der Waals surface area contributed by atoms with E-state index in [1.165, 1.54) is 11.3 Å². The van der Waals surface area contributed by atoms with Gasteiger partial charge in [-0.3, -0.25) is 4.79 Å². The summed E-state index contributed by atoms with van der Waals surface area (Å²) in [6.45, 7) is 1.57. The number of thiophene rings is 1. The highest BCUT2D eigenvalue weighted by Gasteiger charge is 2.22. The number of ether oxygens (including phenoxy) is 1. The maximum atomic E-state index is 12.9. The Labute approximate surface area is 175 Å². The van der Waals surface area contributed by atoms with Gasteiger partial charge in [-0.25, -0.2) is 4.79 Å². The summed E-state index contributed by atoms with van der Waals surface area (Å²) in [7, 11) is 0. The fraction of sp³-hybridized carbons (Fsp3) is 0.143. The predicted molar refractivity (Wildman–Crippen MR) is 113 cm³/mol. The highest BCUT2D eigenvalue weighted by Crippen LogP contribution is 2.30. The molecule has 0 aliphatic rings. The molecule has 0 aliphatic carbocycles. The minimum atomic E-state index is -0.915. The molecule has 0 radical (unpaired) electrons. The van der Waals surface area contributed by atoms with E-state index in [0.29, 0.717) is 20.8 Å². The Hall–Kier alpha value is -3.03. The second-order valence-electron chi connectivity index (χ2n) is 6.41. The van der Waals surface area contributed by atoms with Crippen molar-refractivity contribution in [3.63, 3.8) is 0 Å². The van der Waals surface area contributed by atoms with Crippen LogP contribution < -0.4 is 5.56 Å². The van der Waals surface area contributed by atoms with Crippen molar-refractivity contribution in [2.45, 2.75) is 19.6 Å². The van der Waals surface area contributed by atoms with Crippen LogP contribution in [0.4, 0.5) is 0 Å². The van der Waals surface area contributed by atoms with Crippen LogP contribution in [0.3, 0.4) is 0 Å².